The summed E-state index contributed by atoms with van der Waals surface area (Å²) in [6, 6.07) is 0. The summed E-state index contributed by atoms with van der Waals surface area (Å²) in [4.78, 5) is 2.32. The molecule has 1 fully saturated rings. The Kier molecular flexibility index (Phi) is 9.62. The molecule has 3 nitrogen and oxygen atoms in total. The summed E-state index contributed by atoms with van der Waals surface area (Å²) in [6.45, 7) is 16.0. The van der Waals surface area contributed by atoms with Gasteiger partial charge in [0.2, 0.25) is 0 Å². The average molecular weight is 314 g/mol. The van der Waals surface area contributed by atoms with E-state index >= 15 is 0 Å². The minimum atomic E-state index is 0.467. The van der Waals surface area contributed by atoms with Gasteiger partial charge in [0.15, 0.2) is 0 Å². The molecule has 0 radical (unpaired) electrons. The van der Waals surface area contributed by atoms with Gasteiger partial charge >= 0.3 is 0 Å². The molecule has 0 N–H and O–H groups in total. The number of likely N-dealkylation sites (N-methyl/N-ethyl adjacent to an activating group) is 1. The lowest BCUT2D eigenvalue weighted by Crippen LogP contribution is -2.36. The zero-order chi connectivity index (χ0) is 16.5. The summed E-state index contributed by atoms with van der Waals surface area (Å²) in [5.74, 6) is 2.92. The Morgan fingerprint density at radius 2 is 1.73 bits per heavy atom. The van der Waals surface area contributed by atoms with E-state index < -0.39 is 0 Å². The van der Waals surface area contributed by atoms with Gasteiger partial charge in [-0.3, -0.25) is 0 Å². The second-order valence-electron chi connectivity index (χ2n) is 8.01. The van der Waals surface area contributed by atoms with Crippen LogP contribution in [0.2, 0.25) is 0 Å². The number of ether oxygens (including phenoxy) is 2. The molecule has 0 aromatic rings. The molecule has 0 bridgehead atoms. The fourth-order valence-electron chi connectivity index (χ4n) is 3.32. The number of hydrogen-bond donors (Lipinski definition) is 0. The molecule has 1 rings (SSSR count). The molecule has 3 heteroatoms. The quantitative estimate of drug-likeness (QED) is 0.568. The minimum absolute atomic E-state index is 0.467. The van der Waals surface area contributed by atoms with Crippen LogP contribution in [0.3, 0.4) is 0 Å². The largest absolute Gasteiger partial charge is 0.380 e. The summed E-state index contributed by atoms with van der Waals surface area (Å²) in [5, 5.41) is 0. The summed E-state index contributed by atoms with van der Waals surface area (Å²) in [5.41, 5.74) is 0. The van der Waals surface area contributed by atoms with Gasteiger partial charge in [0.1, 0.15) is 0 Å². The van der Waals surface area contributed by atoms with Crippen molar-refractivity contribution in [1.29, 1.82) is 0 Å². The van der Waals surface area contributed by atoms with E-state index in [4.69, 9.17) is 9.47 Å². The van der Waals surface area contributed by atoms with Gasteiger partial charge < -0.3 is 14.4 Å². The first-order chi connectivity index (χ1) is 10.4. The molecule has 1 saturated carbocycles. The maximum Gasteiger partial charge on any atom is 0.0608 e. The molecule has 132 valence electrons. The Labute approximate surface area is 138 Å². The molecule has 1 aliphatic carbocycles. The van der Waals surface area contributed by atoms with Crippen molar-refractivity contribution in [2.75, 3.05) is 40.0 Å². The van der Waals surface area contributed by atoms with Gasteiger partial charge in [0.05, 0.1) is 19.3 Å². The zero-order valence-corrected chi connectivity index (χ0v) is 15.8. The highest BCUT2D eigenvalue weighted by Gasteiger charge is 2.31. The van der Waals surface area contributed by atoms with Crippen LogP contribution < -0.4 is 0 Å². The van der Waals surface area contributed by atoms with E-state index in [0.717, 1.165) is 50.7 Å². The molecule has 0 aromatic heterocycles. The predicted octanol–water partition coefficient (Wildman–Crippen LogP) is 4.07. The molecule has 0 saturated heterocycles. The molecular formula is C19H39NO2. The van der Waals surface area contributed by atoms with Crippen molar-refractivity contribution in [1.82, 2.24) is 4.90 Å². The Bertz CT molecular complexity index is 281. The molecule has 0 amide bonds. The van der Waals surface area contributed by atoms with Crippen LogP contribution >= 0.6 is 0 Å². The molecule has 1 aliphatic rings. The number of nitrogens with zero attached hydrogens (tertiary/aromatic N) is 1. The Balaban J connectivity index is 2.18. The third-order valence-electron chi connectivity index (χ3n) is 4.83. The topological polar surface area (TPSA) is 21.7 Å². The lowest BCUT2D eigenvalue weighted by molar-refractivity contribution is -0.0440. The number of hydrogen-bond acceptors (Lipinski definition) is 3. The van der Waals surface area contributed by atoms with E-state index in [2.05, 4.69) is 46.6 Å². The summed E-state index contributed by atoms with van der Waals surface area (Å²) < 4.78 is 11.9. The summed E-state index contributed by atoms with van der Waals surface area (Å²) >= 11 is 0. The minimum Gasteiger partial charge on any atom is -0.380 e. The maximum absolute atomic E-state index is 6.26. The zero-order valence-electron chi connectivity index (χ0n) is 15.8. The molecule has 0 unspecified atom stereocenters. The van der Waals surface area contributed by atoms with E-state index in [0.29, 0.717) is 12.0 Å². The van der Waals surface area contributed by atoms with Gasteiger partial charge in [-0.15, -0.1) is 0 Å². The lowest BCUT2D eigenvalue weighted by Gasteiger charge is -2.37. The van der Waals surface area contributed by atoms with Crippen LogP contribution in [0, 0.1) is 23.7 Å². The maximum atomic E-state index is 6.26. The monoisotopic (exact) mass is 313 g/mol. The van der Waals surface area contributed by atoms with Crippen LogP contribution in [-0.4, -0.2) is 51.0 Å². The van der Waals surface area contributed by atoms with Crippen LogP contribution in [0.25, 0.3) is 0 Å². The second kappa shape index (κ2) is 10.6. The van der Waals surface area contributed by atoms with E-state index in [9.17, 15) is 0 Å². The molecule has 3 atom stereocenters. The van der Waals surface area contributed by atoms with Crippen LogP contribution in [0.5, 0.6) is 0 Å². The highest BCUT2D eigenvalue weighted by molar-refractivity contribution is 4.81. The number of rotatable bonds is 10. The van der Waals surface area contributed by atoms with Crippen LogP contribution in [-0.2, 0) is 9.47 Å². The van der Waals surface area contributed by atoms with Gasteiger partial charge in [-0.1, -0.05) is 41.0 Å². The Hall–Kier alpha value is -0.120. The highest BCUT2D eigenvalue weighted by atomic mass is 16.5. The third-order valence-corrected chi connectivity index (χ3v) is 4.83. The Morgan fingerprint density at radius 1 is 1.05 bits per heavy atom. The predicted molar refractivity (Wildman–Crippen MR) is 94.2 cm³/mol. The smallest absolute Gasteiger partial charge is 0.0608 e. The first kappa shape index (κ1) is 19.9. The molecule has 0 aliphatic heterocycles. The van der Waals surface area contributed by atoms with E-state index in [1.165, 1.54) is 19.3 Å². The van der Waals surface area contributed by atoms with E-state index in [1.54, 1.807) is 0 Å². The van der Waals surface area contributed by atoms with Crippen molar-refractivity contribution < 1.29 is 9.47 Å². The van der Waals surface area contributed by atoms with Gasteiger partial charge in [0, 0.05) is 19.7 Å². The average Bonchev–Trinajstić information content (AvgIpc) is 2.43. The molecule has 0 spiro atoms. The third kappa shape index (κ3) is 7.94. The van der Waals surface area contributed by atoms with E-state index in [1.807, 2.05) is 0 Å². The van der Waals surface area contributed by atoms with Gasteiger partial charge in [0.25, 0.3) is 0 Å². The van der Waals surface area contributed by atoms with Crippen molar-refractivity contribution in [3.05, 3.63) is 0 Å². The summed E-state index contributed by atoms with van der Waals surface area (Å²) in [7, 11) is 2.16. The van der Waals surface area contributed by atoms with Crippen LogP contribution in [0.1, 0.15) is 53.9 Å². The van der Waals surface area contributed by atoms with Gasteiger partial charge in [-0.2, -0.15) is 0 Å². The van der Waals surface area contributed by atoms with Crippen LogP contribution in [0.4, 0.5) is 0 Å². The van der Waals surface area contributed by atoms with Crippen molar-refractivity contribution in [3.8, 4) is 0 Å². The second-order valence-corrected chi connectivity index (χ2v) is 8.01. The molecule has 0 aromatic carbocycles. The lowest BCUT2D eigenvalue weighted by atomic mass is 9.75. The van der Waals surface area contributed by atoms with Crippen molar-refractivity contribution in [2.24, 2.45) is 23.7 Å². The standard InChI is InChI=1S/C19H39NO2/c1-15(2)14-21-11-9-20(6)10-12-22-19-13-17(5)7-8-18(19)16(3)4/h15-19H,7-14H2,1-6H3/t17-,18+,19-/m1/s1. The summed E-state index contributed by atoms with van der Waals surface area (Å²) in [6.07, 6.45) is 4.41. The Morgan fingerprint density at radius 3 is 2.36 bits per heavy atom. The van der Waals surface area contributed by atoms with Crippen molar-refractivity contribution in [3.63, 3.8) is 0 Å². The highest BCUT2D eigenvalue weighted by Crippen LogP contribution is 2.35. The first-order valence-electron chi connectivity index (χ1n) is 9.28. The SMILES string of the molecule is CC(C)COCCN(C)CCO[C@@H]1C[C@H](C)CC[C@H]1C(C)C. The normalized spacial score (nSPS) is 26.3. The fourth-order valence-corrected chi connectivity index (χ4v) is 3.32. The van der Waals surface area contributed by atoms with Crippen LogP contribution in [0.15, 0.2) is 0 Å². The fraction of sp³-hybridized carbons (Fsp3) is 1.00. The molecular weight excluding hydrogens is 274 g/mol. The first-order valence-corrected chi connectivity index (χ1v) is 9.28. The van der Waals surface area contributed by atoms with E-state index in [-0.39, 0.29) is 0 Å². The van der Waals surface area contributed by atoms with Gasteiger partial charge in [-0.25, -0.2) is 0 Å². The molecule has 0 heterocycles. The van der Waals surface area contributed by atoms with Crippen molar-refractivity contribution >= 4 is 0 Å². The molecule has 22 heavy (non-hydrogen) atoms. The van der Waals surface area contributed by atoms with Gasteiger partial charge in [-0.05, 0) is 43.6 Å². The van der Waals surface area contributed by atoms with Crippen molar-refractivity contribution in [2.45, 2.75) is 60.0 Å².